The monoisotopic (exact) mass is 306 g/mol. The third-order valence-electron chi connectivity index (χ3n) is 2.98. The predicted octanol–water partition coefficient (Wildman–Crippen LogP) is 2.55. The Bertz CT molecular complexity index is 648. The Kier molecular flexibility index (Phi) is 4.46. The first-order valence-corrected chi connectivity index (χ1v) is 7.02. The van der Waals surface area contributed by atoms with E-state index >= 15 is 0 Å². The van der Waals surface area contributed by atoms with Gasteiger partial charge in [0.15, 0.2) is 0 Å². The summed E-state index contributed by atoms with van der Waals surface area (Å²) in [6, 6.07) is 3.71. The highest BCUT2D eigenvalue weighted by Crippen LogP contribution is 2.34. The number of nitriles is 1. The average Bonchev–Trinajstić information content (AvgIpc) is 2.35. The van der Waals surface area contributed by atoms with Crippen LogP contribution in [0.15, 0.2) is 23.1 Å². The number of halogens is 3. The van der Waals surface area contributed by atoms with Gasteiger partial charge in [0.1, 0.15) is 6.04 Å². The molecule has 1 aromatic rings. The van der Waals surface area contributed by atoms with Crippen LogP contribution in [-0.2, 0) is 16.2 Å². The fourth-order valence-electron chi connectivity index (χ4n) is 1.65. The van der Waals surface area contributed by atoms with Gasteiger partial charge in [0.2, 0.25) is 10.0 Å². The van der Waals surface area contributed by atoms with Crippen LogP contribution >= 0.6 is 0 Å². The fraction of sp³-hybridized carbons (Fsp3) is 0.417. The minimum atomic E-state index is -4.63. The molecule has 4 nitrogen and oxygen atoms in total. The number of alkyl halides is 3. The van der Waals surface area contributed by atoms with Crippen molar-refractivity contribution >= 4 is 10.0 Å². The number of rotatable bonds is 3. The highest BCUT2D eigenvalue weighted by molar-refractivity contribution is 7.89. The molecule has 0 aromatic heterocycles. The molecule has 0 heterocycles. The summed E-state index contributed by atoms with van der Waals surface area (Å²) >= 11 is 0. The molecule has 0 bridgehead atoms. The second kappa shape index (κ2) is 5.42. The quantitative estimate of drug-likeness (QED) is 0.862. The lowest BCUT2D eigenvalue weighted by molar-refractivity contribution is -0.138. The Hall–Kier alpha value is -1.59. The molecule has 0 aliphatic heterocycles. The first-order chi connectivity index (χ1) is 9.03. The van der Waals surface area contributed by atoms with Crippen molar-refractivity contribution in [2.45, 2.75) is 31.0 Å². The van der Waals surface area contributed by atoms with E-state index in [9.17, 15) is 21.6 Å². The summed E-state index contributed by atoms with van der Waals surface area (Å²) in [5.41, 5.74) is -1.38. The van der Waals surface area contributed by atoms with Crippen LogP contribution in [0.3, 0.4) is 0 Å². The van der Waals surface area contributed by atoms with Crippen LogP contribution in [0, 0.1) is 18.3 Å². The molecule has 1 rings (SSSR count). The van der Waals surface area contributed by atoms with Crippen LogP contribution in [0.2, 0.25) is 0 Å². The third-order valence-corrected chi connectivity index (χ3v) is 5.05. The van der Waals surface area contributed by atoms with Gasteiger partial charge >= 0.3 is 6.18 Å². The van der Waals surface area contributed by atoms with E-state index in [0.717, 1.165) is 36.5 Å². The van der Waals surface area contributed by atoms with Crippen LogP contribution in [0.5, 0.6) is 0 Å². The molecule has 0 aliphatic carbocycles. The molecule has 0 spiro atoms. The Morgan fingerprint density at radius 1 is 1.35 bits per heavy atom. The summed E-state index contributed by atoms with van der Waals surface area (Å²) in [6.45, 7) is 2.45. The minimum Gasteiger partial charge on any atom is -0.207 e. The van der Waals surface area contributed by atoms with E-state index in [1.54, 1.807) is 6.07 Å². The van der Waals surface area contributed by atoms with Gasteiger partial charge in [-0.1, -0.05) is 6.07 Å². The van der Waals surface area contributed by atoms with Crippen molar-refractivity contribution in [3.05, 3.63) is 29.3 Å². The lowest BCUT2D eigenvalue weighted by Crippen LogP contribution is -2.34. The maximum Gasteiger partial charge on any atom is 0.416 e. The lowest BCUT2D eigenvalue weighted by atomic mass is 10.1. The summed E-state index contributed by atoms with van der Waals surface area (Å²) in [7, 11) is -3.00. The molecule has 110 valence electrons. The molecule has 0 fully saturated rings. The van der Waals surface area contributed by atoms with Crippen LogP contribution in [0.4, 0.5) is 13.2 Å². The van der Waals surface area contributed by atoms with Gasteiger partial charge in [0, 0.05) is 7.05 Å². The molecule has 1 atom stereocenters. The van der Waals surface area contributed by atoms with E-state index in [1.165, 1.54) is 6.92 Å². The summed E-state index contributed by atoms with van der Waals surface area (Å²) in [5, 5.41) is 8.73. The van der Waals surface area contributed by atoms with Crippen LogP contribution in [0.1, 0.15) is 18.1 Å². The number of hydrogen-bond acceptors (Lipinski definition) is 3. The molecule has 1 aromatic carbocycles. The molecule has 8 heteroatoms. The highest BCUT2D eigenvalue weighted by atomic mass is 32.2. The van der Waals surface area contributed by atoms with E-state index in [0.29, 0.717) is 0 Å². The second-order valence-electron chi connectivity index (χ2n) is 4.25. The molecule has 0 amide bonds. The Balaban J connectivity index is 3.46. The zero-order valence-corrected chi connectivity index (χ0v) is 11.9. The molecule has 20 heavy (non-hydrogen) atoms. The van der Waals surface area contributed by atoms with Crippen molar-refractivity contribution in [1.29, 1.82) is 5.26 Å². The number of benzene rings is 1. The van der Waals surface area contributed by atoms with E-state index in [2.05, 4.69) is 0 Å². The largest absolute Gasteiger partial charge is 0.416 e. The molecular formula is C12H13F3N2O2S. The van der Waals surface area contributed by atoms with Gasteiger partial charge < -0.3 is 0 Å². The fourth-order valence-corrected chi connectivity index (χ4v) is 3.17. The van der Waals surface area contributed by atoms with E-state index in [1.807, 2.05) is 0 Å². The molecule has 0 saturated carbocycles. The normalized spacial score (nSPS) is 14.1. The summed E-state index contributed by atoms with van der Waals surface area (Å²) in [6.07, 6.45) is -4.63. The van der Waals surface area contributed by atoms with E-state index in [4.69, 9.17) is 5.26 Å². The first-order valence-electron chi connectivity index (χ1n) is 5.58. The summed E-state index contributed by atoms with van der Waals surface area (Å²) in [4.78, 5) is -0.447. The second-order valence-corrected chi connectivity index (χ2v) is 6.22. The van der Waals surface area contributed by atoms with Crippen LogP contribution in [0.25, 0.3) is 0 Å². The van der Waals surface area contributed by atoms with E-state index in [-0.39, 0.29) is 5.56 Å². The predicted molar refractivity (Wildman–Crippen MR) is 66.2 cm³/mol. The van der Waals surface area contributed by atoms with Crippen molar-refractivity contribution in [2.75, 3.05) is 7.05 Å². The van der Waals surface area contributed by atoms with Gasteiger partial charge in [0.05, 0.1) is 16.5 Å². The number of nitrogens with zero attached hydrogens (tertiary/aromatic N) is 2. The van der Waals surface area contributed by atoms with Gasteiger partial charge in [-0.2, -0.15) is 22.7 Å². The molecular weight excluding hydrogens is 293 g/mol. The van der Waals surface area contributed by atoms with Gasteiger partial charge in [-0.15, -0.1) is 0 Å². The van der Waals surface area contributed by atoms with Crippen molar-refractivity contribution in [3.8, 4) is 6.07 Å². The minimum absolute atomic E-state index is 0.378. The Morgan fingerprint density at radius 3 is 2.35 bits per heavy atom. The maximum atomic E-state index is 12.8. The first kappa shape index (κ1) is 16.5. The van der Waals surface area contributed by atoms with Crippen molar-refractivity contribution in [1.82, 2.24) is 4.31 Å². The average molecular weight is 306 g/mol. The van der Waals surface area contributed by atoms with Gasteiger partial charge in [-0.3, -0.25) is 0 Å². The van der Waals surface area contributed by atoms with Gasteiger partial charge in [-0.05, 0) is 31.5 Å². The number of sulfonamides is 1. The third kappa shape index (κ3) is 2.94. The van der Waals surface area contributed by atoms with Crippen molar-refractivity contribution in [3.63, 3.8) is 0 Å². The topological polar surface area (TPSA) is 61.2 Å². The van der Waals surface area contributed by atoms with E-state index < -0.39 is 32.7 Å². The molecule has 0 N–H and O–H groups in total. The SMILES string of the molecule is Cc1c(C(F)(F)F)cccc1S(=O)(=O)N(C)C(C)C#N. The molecule has 0 radical (unpaired) electrons. The smallest absolute Gasteiger partial charge is 0.207 e. The molecule has 1 unspecified atom stereocenters. The van der Waals surface area contributed by atoms with Crippen molar-refractivity contribution in [2.24, 2.45) is 0 Å². The Labute approximate surface area is 115 Å². The van der Waals surface area contributed by atoms with Gasteiger partial charge in [-0.25, -0.2) is 8.42 Å². The van der Waals surface area contributed by atoms with Gasteiger partial charge in [0.25, 0.3) is 0 Å². The molecule has 0 aliphatic rings. The number of hydrogen-bond donors (Lipinski definition) is 0. The Morgan fingerprint density at radius 2 is 1.90 bits per heavy atom. The van der Waals surface area contributed by atoms with Crippen molar-refractivity contribution < 1.29 is 21.6 Å². The zero-order chi connectivity index (χ0) is 15.7. The maximum absolute atomic E-state index is 12.8. The van der Waals surface area contributed by atoms with Crippen LogP contribution < -0.4 is 0 Å². The molecule has 0 saturated heterocycles. The summed E-state index contributed by atoms with van der Waals surface area (Å²) < 4.78 is 63.6. The highest BCUT2D eigenvalue weighted by Gasteiger charge is 2.36. The standard InChI is InChI=1S/C12H13F3N2O2S/c1-8(7-16)17(3)20(18,19)11-6-4-5-10(9(11)2)12(13,14)15/h4-6,8H,1-3H3. The summed E-state index contributed by atoms with van der Waals surface area (Å²) in [5.74, 6) is 0. The van der Waals surface area contributed by atoms with Crippen LogP contribution in [-0.4, -0.2) is 25.8 Å². The lowest BCUT2D eigenvalue weighted by Gasteiger charge is -2.21. The zero-order valence-electron chi connectivity index (χ0n) is 11.1.